The first-order valence-corrected chi connectivity index (χ1v) is 8.48. The third-order valence-corrected chi connectivity index (χ3v) is 3.57. The minimum atomic E-state index is -0.589. The highest BCUT2D eigenvalue weighted by atomic mass is 16.6. The number of nitrogens with one attached hydrogen (secondary N) is 2. The number of rotatable bonds is 13. The lowest BCUT2D eigenvalue weighted by Crippen LogP contribution is -2.35. The number of carbonyl (C=O) groups excluding carboxylic acids is 2. The second-order valence-corrected chi connectivity index (χ2v) is 6.05. The molecule has 0 aliphatic carbocycles. The highest BCUT2D eigenvalue weighted by molar-refractivity contribution is 5.67. The van der Waals surface area contributed by atoms with Crippen molar-refractivity contribution in [2.75, 3.05) is 46.6 Å². The molecule has 0 aromatic rings. The molecule has 0 fully saturated rings. The van der Waals surface area contributed by atoms with E-state index in [9.17, 15) is 9.59 Å². The van der Waals surface area contributed by atoms with Gasteiger partial charge in [0.2, 0.25) is 0 Å². The summed E-state index contributed by atoms with van der Waals surface area (Å²) in [5.41, 5.74) is 0. The van der Waals surface area contributed by atoms with Gasteiger partial charge in [-0.1, -0.05) is 13.8 Å². The van der Waals surface area contributed by atoms with E-state index in [2.05, 4.69) is 10.6 Å². The van der Waals surface area contributed by atoms with Crippen LogP contribution in [0, 0.1) is 11.8 Å². The van der Waals surface area contributed by atoms with Gasteiger partial charge < -0.3 is 35.1 Å². The number of carbonyl (C=O) groups is 2. The number of aliphatic hydroxyl groups is 2. The molecule has 25 heavy (non-hydrogen) atoms. The molecule has 0 radical (unpaired) electrons. The van der Waals surface area contributed by atoms with Gasteiger partial charge >= 0.3 is 12.2 Å². The Kier molecular flexibility index (Phi) is 13.8. The van der Waals surface area contributed by atoms with E-state index in [1.165, 1.54) is 7.11 Å². The average Bonchev–Trinajstić information content (AvgIpc) is 2.58. The molecule has 0 bridgehead atoms. The highest BCUT2D eigenvalue weighted by Gasteiger charge is 2.15. The molecule has 4 N–H and O–H groups in total. The van der Waals surface area contributed by atoms with Gasteiger partial charge in [-0.3, -0.25) is 0 Å². The van der Waals surface area contributed by atoms with Crippen molar-refractivity contribution in [1.82, 2.24) is 10.6 Å². The molecule has 0 rings (SSSR count). The maximum Gasteiger partial charge on any atom is 0.407 e. The summed E-state index contributed by atoms with van der Waals surface area (Å²) in [5.74, 6) is 0.298. The van der Waals surface area contributed by atoms with Gasteiger partial charge in [-0.2, -0.15) is 0 Å². The first kappa shape index (κ1) is 23.4. The molecule has 148 valence electrons. The van der Waals surface area contributed by atoms with Crippen molar-refractivity contribution < 1.29 is 34.0 Å². The van der Waals surface area contributed by atoms with E-state index in [4.69, 9.17) is 24.4 Å². The Morgan fingerprint density at radius 1 is 0.880 bits per heavy atom. The van der Waals surface area contributed by atoms with E-state index in [0.29, 0.717) is 25.9 Å². The lowest BCUT2D eigenvalue weighted by molar-refractivity contribution is -0.00477. The Balaban J connectivity index is 3.90. The van der Waals surface area contributed by atoms with Gasteiger partial charge in [0.25, 0.3) is 0 Å². The zero-order valence-electron chi connectivity index (χ0n) is 15.3. The van der Waals surface area contributed by atoms with Crippen LogP contribution in [0.25, 0.3) is 0 Å². The van der Waals surface area contributed by atoms with Crippen LogP contribution in [0.3, 0.4) is 0 Å². The summed E-state index contributed by atoms with van der Waals surface area (Å²) in [5, 5.41) is 22.8. The lowest BCUT2D eigenvalue weighted by Gasteiger charge is -2.17. The quantitative estimate of drug-likeness (QED) is 0.375. The molecule has 9 heteroatoms. The number of ether oxygens (including phenoxy) is 3. The maximum atomic E-state index is 11.6. The van der Waals surface area contributed by atoms with E-state index >= 15 is 0 Å². The first-order valence-electron chi connectivity index (χ1n) is 8.48. The molecule has 0 saturated carbocycles. The summed E-state index contributed by atoms with van der Waals surface area (Å²) in [6.45, 7) is 4.66. The van der Waals surface area contributed by atoms with Crippen molar-refractivity contribution in [3.8, 4) is 0 Å². The number of amides is 2. The minimum Gasteiger partial charge on any atom is -0.447 e. The largest absolute Gasteiger partial charge is 0.447 e. The predicted molar refractivity (Wildman–Crippen MR) is 91.2 cm³/mol. The highest BCUT2D eigenvalue weighted by Crippen LogP contribution is 2.00. The number of hydrogen-bond acceptors (Lipinski definition) is 7. The Hall–Kier alpha value is -1.58. The smallest absolute Gasteiger partial charge is 0.407 e. The van der Waals surface area contributed by atoms with E-state index < -0.39 is 18.3 Å². The Labute approximate surface area is 149 Å². The van der Waals surface area contributed by atoms with Gasteiger partial charge in [0.15, 0.2) is 0 Å². The fourth-order valence-electron chi connectivity index (χ4n) is 1.78. The lowest BCUT2D eigenvalue weighted by atomic mass is 10.1. The minimum absolute atomic E-state index is 0.0507. The molecule has 0 aromatic heterocycles. The topological polar surface area (TPSA) is 126 Å². The predicted octanol–water partition coefficient (Wildman–Crippen LogP) is 0.491. The Morgan fingerprint density at radius 2 is 1.28 bits per heavy atom. The van der Waals surface area contributed by atoms with E-state index in [1.54, 1.807) is 0 Å². The van der Waals surface area contributed by atoms with Crippen LogP contribution in [-0.2, 0) is 14.2 Å². The van der Waals surface area contributed by atoms with Crippen molar-refractivity contribution in [1.29, 1.82) is 0 Å². The monoisotopic (exact) mass is 364 g/mol. The van der Waals surface area contributed by atoms with Crippen molar-refractivity contribution >= 4 is 12.2 Å². The van der Waals surface area contributed by atoms with Crippen LogP contribution in [0.5, 0.6) is 0 Å². The normalized spacial score (nSPS) is 14.3. The summed E-state index contributed by atoms with van der Waals surface area (Å²) in [6.07, 6.45) is -0.550. The maximum absolute atomic E-state index is 11.6. The summed E-state index contributed by atoms with van der Waals surface area (Å²) in [4.78, 5) is 23.1. The van der Waals surface area contributed by atoms with E-state index in [1.807, 2.05) is 13.8 Å². The Morgan fingerprint density at radius 3 is 1.60 bits per heavy atom. The van der Waals surface area contributed by atoms with Crippen molar-refractivity contribution in [3.05, 3.63) is 0 Å². The number of methoxy groups -OCH3 is 1. The zero-order valence-corrected chi connectivity index (χ0v) is 15.3. The fraction of sp³-hybridized carbons (Fsp3) is 0.875. The van der Waals surface area contributed by atoms with Gasteiger partial charge in [0, 0.05) is 33.4 Å². The summed E-state index contributed by atoms with van der Waals surface area (Å²) < 4.78 is 15.1. The first-order chi connectivity index (χ1) is 11.9. The molecule has 0 spiro atoms. The number of aliphatic hydroxyl groups excluding tert-OH is 2. The fourth-order valence-corrected chi connectivity index (χ4v) is 1.78. The molecule has 0 aliphatic heterocycles. The van der Waals surface area contributed by atoms with Gasteiger partial charge in [0.1, 0.15) is 19.3 Å². The third-order valence-electron chi connectivity index (χ3n) is 3.57. The molecular weight excluding hydrogens is 332 g/mol. The molecule has 0 heterocycles. The number of alkyl carbamates (subject to hydrolysis) is 2. The van der Waals surface area contributed by atoms with Crippen molar-refractivity contribution in [3.63, 3.8) is 0 Å². The number of hydrogen-bond donors (Lipinski definition) is 4. The van der Waals surface area contributed by atoms with E-state index in [-0.39, 0.29) is 38.3 Å². The second-order valence-electron chi connectivity index (χ2n) is 6.05. The second kappa shape index (κ2) is 14.7. The summed E-state index contributed by atoms with van der Waals surface area (Å²) in [6, 6.07) is 0. The third kappa shape index (κ3) is 13.4. The van der Waals surface area contributed by atoms with Crippen LogP contribution >= 0.6 is 0 Å². The Bertz CT molecular complexity index is 336. The molecule has 2 atom stereocenters. The van der Waals surface area contributed by atoms with Crippen molar-refractivity contribution in [2.45, 2.75) is 32.8 Å². The van der Waals surface area contributed by atoms with Crippen LogP contribution in [0.4, 0.5) is 9.59 Å². The molecule has 0 aromatic carbocycles. The molecule has 0 aliphatic rings. The van der Waals surface area contributed by atoms with Gasteiger partial charge in [-0.05, 0) is 24.7 Å². The van der Waals surface area contributed by atoms with Gasteiger partial charge in [-0.15, -0.1) is 0 Å². The molecule has 0 saturated heterocycles. The van der Waals surface area contributed by atoms with Crippen LogP contribution in [0.2, 0.25) is 0 Å². The molecule has 2 amide bonds. The SMILES string of the molecule is COC(COC(=O)NCC(C)CCO)COC(=O)NCC(C)CCO. The zero-order chi connectivity index (χ0) is 19.1. The molecule has 2 unspecified atom stereocenters. The average molecular weight is 364 g/mol. The van der Waals surface area contributed by atoms with Gasteiger partial charge in [-0.25, -0.2) is 9.59 Å². The van der Waals surface area contributed by atoms with Gasteiger partial charge in [0.05, 0.1) is 0 Å². The molecular formula is C16H32N2O7. The van der Waals surface area contributed by atoms with Crippen LogP contribution < -0.4 is 10.6 Å². The standard InChI is InChI=1S/C16H32N2O7/c1-12(4-6-19)8-17-15(21)24-10-14(23-3)11-25-16(22)18-9-13(2)5-7-20/h12-14,19-20H,4-11H2,1-3H3,(H,17,21)(H,18,22). The molecule has 9 nitrogen and oxygen atoms in total. The van der Waals surface area contributed by atoms with Crippen LogP contribution in [0.1, 0.15) is 26.7 Å². The van der Waals surface area contributed by atoms with Crippen LogP contribution in [-0.4, -0.2) is 75.1 Å². The van der Waals surface area contributed by atoms with Crippen LogP contribution in [0.15, 0.2) is 0 Å². The van der Waals surface area contributed by atoms with E-state index in [0.717, 1.165) is 0 Å². The summed E-state index contributed by atoms with van der Waals surface area (Å²) >= 11 is 0. The van der Waals surface area contributed by atoms with Crippen molar-refractivity contribution in [2.24, 2.45) is 11.8 Å². The summed E-state index contributed by atoms with van der Waals surface area (Å²) in [7, 11) is 1.43.